The lowest BCUT2D eigenvalue weighted by atomic mass is 9.86. The first-order valence-corrected chi connectivity index (χ1v) is 8.41. The lowest BCUT2D eigenvalue weighted by Crippen LogP contribution is -2.22. The average molecular weight is 397 g/mol. The van der Waals surface area contributed by atoms with Crippen molar-refractivity contribution in [2.24, 2.45) is 0 Å². The van der Waals surface area contributed by atoms with Crippen LogP contribution in [0.15, 0.2) is 46.9 Å². The van der Waals surface area contributed by atoms with Gasteiger partial charge in [0, 0.05) is 20.7 Å². The summed E-state index contributed by atoms with van der Waals surface area (Å²) in [6, 6.07) is 12.8. The van der Waals surface area contributed by atoms with Gasteiger partial charge >= 0.3 is 0 Å². The van der Waals surface area contributed by atoms with Gasteiger partial charge in [-0.1, -0.05) is 54.4 Å². The normalized spacial score (nSPS) is 11.2. The maximum absolute atomic E-state index is 12.0. The number of hydrogen-bond donors (Lipinski definition) is 1. The number of ether oxygens (including phenoxy) is 1. The zero-order valence-corrected chi connectivity index (χ0v) is 15.7. The molecule has 1 amide bonds. The molecule has 0 atom stereocenters. The molecule has 23 heavy (non-hydrogen) atoms. The molecule has 0 heterocycles. The van der Waals surface area contributed by atoms with E-state index in [9.17, 15) is 4.79 Å². The summed E-state index contributed by atoms with van der Waals surface area (Å²) in [6.07, 6.45) is 0. The number of carbonyl (C=O) groups excluding carboxylic acids is 1. The van der Waals surface area contributed by atoms with Gasteiger partial charge in [0.25, 0.3) is 5.91 Å². The van der Waals surface area contributed by atoms with Crippen molar-refractivity contribution in [3.63, 3.8) is 0 Å². The van der Waals surface area contributed by atoms with Crippen molar-refractivity contribution < 1.29 is 9.53 Å². The molecule has 0 saturated heterocycles. The van der Waals surface area contributed by atoms with E-state index >= 15 is 0 Å². The first-order chi connectivity index (χ1) is 10.8. The van der Waals surface area contributed by atoms with Gasteiger partial charge in [0.15, 0.2) is 6.61 Å². The second-order valence-electron chi connectivity index (χ2n) is 6.24. The Bertz CT molecular complexity index is 710. The number of amides is 1. The average Bonchev–Trinajstić information content (AvgIpc) is 2.45. The predicted octanol–water partition coefficient (Wildman–Crippen LogP) is 5.42. The van der Waals surface area contributed by atoms with Crippen LogP contribution in [-0.4, -0.2) is 12.5 Å². The van der Waals surface area contributed by atoms with Crippen molar-refractivity contribution in [1.29, 1.82) is 0 Å². The van der Waals surface area contributed by atoms with E-state index in [0.29, 0.717) is 16.5 Å². The monoisotopic (exact) mass is 395 g/mol. The van der Waals surface area contributed by atoms with Crippen LogP contribution in [0.4, 0.5) is 5.69 Å². The van der Waals surface area contributed by atoms with Crippen molar-refractivity contribution in [3.05, 3.63) is 57.5 Å². The van der Waals surface area contributed by atoms with Crippen molar-refractivity contribution in [2.75, 3.05) is 11.9 Å². The molecule has 0 radical (unpaired) electrons. The van der Waals surface area contributed by atoms with Gasteiger partial charge < -0.3 is 10.1 Å². The molecule has 0 aromatic heterocycles. The predicted molar refractivity (Wildman–Crippen MR) is 98.4 cm³/mol. The summed E-state index contributed by atoms with van der Waals surface area (Å²) in [4.78, 5) is 12.0. The summed E-state index contributed by atoms with van der Waals surface area (Å²) in [5.41, 5.74) is 1.61. The van der Waals surface area contributed by atoms with E-state index in [1.807, 2.05) is 18.2 Å². The van der Waals surface area contributed by atoms with E-state index in [0.717, 1.165) is 10.0 Å². The van der Waals surface area contributed by atoms with Crippen LogP contribution in [0.3, 0.4) is 0 Å². The second kappa shape index (κ2) is 7.37. The van der Waals surface area contributed by atoms with Crippen LogP contribution in [0.2, 0.25) is 5.02 Å². The van der Waals surface area contributed by atoms with Crippen molar-refractivity contribution in [2.45, 2.75) is 26.2 Å². The van der Waals surface area contributed by atoms with Crippen LogP contribution >= 0.6 is 27.5 Å². The van der Waals surface area contributed by atoms with Gasteiger partial charge in [0.2, 0.25) is 0 Å². The quantitative estimate of drug-likeness (QED) is 0.749. The van der Waals surface area contributed by atoms with E-state index in [-0.39, 0.29) is 17.9 Å². The van der Waals surface area contributed by atoms with Gasteiger partial charge in [-0.25, -0.2) is 0 Å². The maximum Gasteiger partial charge on any atom is 0.262 e. The van der Waals surface area contributed by atoms with E-state index in [4.69, 9.17) is 16.3 Å². The Balaban J connectivity index is 2.05. The number of hydrogen-bond acceptors (Lipinski definition) is 2. The molecule has 0 aliphatic carbocycles. The fourth-order valence-corrected chi connectivity index (χ4v) is 2.67. The molecule has 0 aliphatic heterocycles. The van der Waals surface area contributed by atoms with Crippen LogP contribution in [0, 0.1) is 0 Å². The van der Waals surface area contributed by atoms with E-state index in [1.165, 1.54) is 0 Å². The van der Waals surface area contributed by atoms with Crippen molar-refractivity contribution in [1.82, 2.24) is 0 Å². The van der Waals surface area contributed by atoms with Crippen molar-refractivity contribution >= 4 is 39.1 Å². The third-order valence-corrected chi connectivity index (χ3v) is 3.95. The molecule has 1 N–H and O–H groups in total. The van der Waals surface area contributed by atoms with Gasteiger partial charge in [-0.05, 0) is 41.8 Å². The van der Waals surface area contributed by atoms with E-state index in [1.54, 1.807) is 24.3 Å². The summed E-state index contributed by atoms with van der Waals surface area (Å²) in [7, 11) is 0. The zero-order valence-electron chi connectivity index (χ0n) is 13.3. The standard InChI is InChI=1S/C18H19BrClNO2/c1-18(2,3)15-9-12(19)7-8-16(15)23-11-17(22)21-14-6-4-5-13(20)10-14/h4-10H,11H2,1-3H3,(H,21,22). The first-order valence-electron chi connectivity index (χ1n) is 7.24. The van der Waals surface area contributed by atoms with Crippen molar-refractivity contribution in [3.8, 4) is 5.75 Å². The zero-order chi connectivity index (χ0) is 17.0. The molecule has 0 saturated carbocycles. The molecular formula is C18H19BrClNO2. The smallest absolute Gasteiger partial charge is 0.262 e. The lowest BCUT2D eigenvalue weighted by Gasteiger charge is -2.23. The molecule has 5 heteroatoms. The van der Waals surface area contributed by atoms with Crippen LogP contribution in [-0.2, 0) is 10.2 Å². The molecule has 0 aliphatic rings. The maximum atomic E-state index is 12.0. The highest BCUT2D eigenvalue weighted by Crippen LogP contribution is 2.33. The van der Waals surface area contributed by atoms with Crippen LogP contribution in [0.1, 0.15) is 26.3 Å². The number of anilines is 1. The molecule has 2 rings (SSSR count). The van der Waals surface area contributed by atoms with Crippen LogP contribution in [0.25, 0.3) is 0 Å². The van der Waals surface area contributed by atoms with E-state index < -0.39 is 0 Å². The Labute approximate surface area is 150 Å². The summed E-state index contributed by atoms with van der Waals surface area (Å²) < 4.78 is 6.70. The Morgan fingerprint density at radius 1 is 1.22 bits per heavy atom. The third kappa shape index (κ3) is 5.26. The Morgan fingerprint density at radius 3 is 2.61 bits per heavy atom. The number of halogens is 2. The highest BCUT2D eigenvalue weighted by molar-refractivity contribution is 9.10. The minimum atomic E-state index is -0.227. The molecule has 2 aromatic rings. The summed E-state index contributed by atoms with van der Waals surface area (Å²) in [6.45, 7) is 6.26. The summed E-state index contributed by atoms with van der Waals surface area (Å²) in [5.74, 6) is 0.483. The molecule has 3 nitrogen and oxygen atoms in total. The molecular weight excluding hydrogens is 378 g/mol. The third-order valence-electron chi connectivity index (χ3n) is 3.22. The largest absolute Gasteiger partial charge is 0.483 e. The molecule has 0 fully saturated rings. The minimum Gasteiger partial charge on any atom is -0.483 e. The Kier molecular flexibility index (Phi) is 5.71. The van der Waals surface area contributed by atoms with Gasteiger partial charge in [-0.3, -0.25) is 4.79 Å². The van der Waals surface area contributed by atoms with E-state index in [2.05, 4.69) is 42.0 Å². The molecule has 0 bridgehead atoms. The number of rotatable bonds is 4. The fourth-order valence-electron chi connectivity index (χ4n) is 2.12. The van der Waals surface area contributed by atoms with Gasteiger partial charge in [0.05, 0.1) is 0 Å². The van der Waals surface area contributed by atoms with Gasteiger partial charge in [-0.15, -0.1) is 0 Å². The number of benzene rings is 2. The molecule has 122 valence electrons. The Morgan fingerprint density at radius 2 is 1.96 bits per heavy atom. The topological polar surface area (TPSA) is 38.3 Å². The minimum absolute atomic E-state index is 0.0583. The highest BCUT2D eigenvalue weighted by atomic mass is 79.9. The van der Waals surface area contributed by atoms with Gasteiger partial charge in [-0.2, -0.15) is 0 Å². The Hall–Kier alpha value is -1.52. The fraction of sp³-hybridized carbons (Fsp3) is 0.278. The highest BCUT2D eigenvalue weighted by Gasteiger charge is 2.20. The molecule has 0 spiro atoms. The molecule has 0 unspecified atom stereocenters. The van der Waals surface area contributed by atoms with Gasteiger partial charge in [0.1, 0.15) is 5.75 Å². The second-order valence-corrected chi connectivity index (χ2v) is 7.59. The first kappa shape index (κ1) is 17.8. The summed E-state index contributed by atoms with van der Waals surface area (Å²) in [5, 5.41) is 3.34. The SMILES string of the molecule is CC(C)(C)c1cc(Br)ccc1OCC(=O)Nc1cccc(Cl)c1. The molecule has 2 aromatic carbocycles. The lowest BCUT2D eigenvalue weighted by molar-refractivity contribution is -0.118. The summed E-state index contributed by atoms with van der Waals surface area (Å²) >= 11 is 9.37. The number of nitrogens with one attached hydrogen (secondary N) is 1. The van der Waals surface area contributed by atoms with Crippen LogP contribution in [0.5, 0.6) is 5.75 Å². The number of carbonyl (C=O) groups is 1. The van der Waals surface area contributed by atoms with Crippen LogP contribution < -0.4 is 10.1 Å².